The molecule has 8 heteroatoms. The molecule has 0 unspecified atom stereocenters. The van der Waals surface area contributed by atoms with Gasteiger partial charge in [0.1, 0.15) is 15.6 Å². The third-order valence-electron chi connectivity index (χ3n) is 2.40. The monoisotopic (exact) mass is 311 g/mol. The number of rotatable bonds is 4. The van der Waals surface area contributed by atoms with Crippen LogP contribution >= 0.6 is 22.9 Å². The van der Waals surface area contributed by atoms with E-state index in [1.54, 1.807) is 13.0 Å². The second kappa shape index (κ2) is 5.98. The Balaban J connectivity index is 2.01. The number of hydrogen-bond donors (Lipinski definition) is 2. The van der Waals surface area contributed by atoms with E-state index >= 15 is 0 Å². The zero-order valence-corrected chi connectivity index (χ0v) is 12.0. The number of carbonyl (C=O) groups is 2. The molecule has 0 bridgehead atoms. The first-order chi connectivity index (χ1) is 9.47. The number of thiazole rings is 1. The highest BCUT2D eigenvalue weighted by atomic mass is 35.5. The van der Waals surface area contributed by atoms with Gasteiger partial charge in [0.2, 0.25) is 0 Å². The van der Waals surface area contributed by atoms with Crippen LogP contribution in [0.1, 0.15) is 30.9 Å². The fourth-order valence-electron chi connectivity index (χ4n) is 1.48. The summed E-state index contributed by atoms with van der Waals surface area (Å²) in [6, 6.07) is 3.08. The molecule has 0 saturated carbocycles. The van der Waals surface area contributed by atoms with Gasteiger partial charge >= 0.3 is 5.97 Å². The van der Waals surface area contributed by atoms with Crippen molar-refractivity contribution in [2.24, 2.45) is 0 Å². The number of aromatic nitrogens is 2. The average Bonchev–Trinajstić information content (AvgIpc) is 2.78. The lowest BCUT2D eigenvalue weighted by Crippen LogP contribution is -2.23. The standard InChI is InChI=1S/C12H10ClN3O3S/c1-6-10(12(18)19)20-9(16-6)5-15-11(17)8-3-2-7(13)4-14-8/h2-4H,5H2,1H3,(H,15,17)(H,18,19). The molecule has 0 radical (unpaired) electrons. The number of carbonyl (C=O) groups excluding carboxylic acids is 1. The minimum Gasteiger partial charge on any atom is -0.477 e. The van der Waals surface area contributed by atoms with Gasteiger partial charge in [-0.3, -0.25) is 4.79 Å². The van der Waals surface area contributed by atoms with Crippen LogP contribution in [-0.4, -0.2) is 27.0 Å². The summed E-state index contributed by atoms with van der Waals surface area (Å²) in [6.45, 7) is 1.77. The minimum absolute atomic E-state index is 0.155. The van der Waals surface area contributed by atoms with Gasteiger partial charge in [-0.2, -0.15) is 0 Å². The maximum Gasteiger partial charge on any atom is 0.347 e. The normalized spacial score (nSPS) is 10.3. The van der Waals surface area contributed by atoms with Crippen molar-refractivity contribution in [3.63, 3.8) is 0 Å². The molecule has 1 amide bonds. The Labute approximate surface area is 123 Å². The summed E-state index contributed by atoms with van der Waals surface area (Å²) in [5.41, 5.74) is 0.678. The van der Waals surface area contributed by atoms with Crippen molar-refractivity contribution in [1.82, 2.24) is 15.3 Å². The topological polar surface area (TPSA) is 92.2 Å². The molecule has 20 heavy (non-hydrogen) atoms. The quantitative estimate of drug-likeness (QED) is 0.902. The van der Waals surface area contributed by atoms with E-state index in [9.17, 15) is 9.59 Å². The van der Waals surface area contributed by atoms with E-state index in [4.69, 9.17) is 16.7 Å². The summed E-state index contributed by atoms with van der Waals surface area (Å²) >= 11 is 6.72. The number of carboxylic acids is 1. The molecular weight excluding hydrogens is 302 g/mol. The number of pyridine rings is 1. The van der Waals surface area contributed by atoms with Gasteiger partial charge in [-0.25, -0.2) is 14.8 Å². The Hall–Kier alpha value is -1.99. The van der Waals surface area contributed by atoms with Gasteiger partial charge in [0.25, 0.3) is 5.91 Å². The van der Waals surface area contributed by atoms with Crippen molar-refractivity contribution in [3.8, 4) is 0 Å². The highest BCUT2D eigenvalue weighted by molar-refractivity contribution is 7.13. The Morgan fingerprint density at radius 3 is 2.75 bits per heavy atom. The van der Waals surface area contributed by atoms with Crippen molar-refractivity contribution in [1.29, 1.82) is 0 Å². The third kappa shape index (κ3) is 3.31. The molecule has 6 nitrogen and oxygen atoms in total. The van der Waals surface area contributed by atoms with E-state index in [0.717, 1.165) is 11.3 Å². The summed E-state index contributed by atoms with van der Waals surface area (Å²) < 4.78 is 0. The summed E-state index contributed by atoms with van der Waals surface area (Å²) in [4.78, 5) is 30.8. The van der Waals surface area contributed by atoms with E-state index in [1.807, 2.05) is 0 Å². The second-order valence-electron chi connectivity index (χ2n) is 3.87. The lowest BCUT2D eigenvalue weighted by molar-refractivity contribution is 0.0701. The summed E-state index contributed by atoms with van der Waals surface area (Å²) in [5.74, 6) is -1.39. The number of halogens is 1. The number of aromatic carboxylic acids is 1. The SMILES string of the molecule is Cc1nc(CNC(=O)c2ccc(Cl)cn2)sc1C(=O)O. The van der Waals surface area contributed by atoms with Crippen LogP contribution in [0.15, 0.2) is 18.3 Å². The molecule has 2 N–H and O–H groups in total. The number of hydrogen-bond acceptors (Lipinski definition) is 5. The van der Waals surface area contributed by atoms with E-state index in [2.05, 4.69) is 15.3 Å². The molecule has 0 fully saturated rings. The predicted molar refractivity (Wildman–Crippen MR) is 74.2 cm³/mol. The fraction of sp³-hybridized carbons (Fsp3) is 0.167. The van der Waals surface area contributed by atoms with Gasteiger partial charge in [-0.05, 0) is 19.1 Å². The highest BCUT2D eigenvalue weighted by Gasteiger charge is 2.14. The Morgan fingerprint density at radius 2 is 2.20 bits per heavy atom. The van der Waals surface area contributed by atoms with Crippen molar-refractivity contribution < 1.29 is 14.7 Å². The number of carboxylic acid groups (broad SMARTS) is 1. The molecule has 2 heterocycles. The third-order valence-corrected chi connectivity index (χ3v) is 3.76. The Kier molecular flexibility index (Phi) is 4.31. The maximum absolute atomic E-state index is 11.8. The first kappa shape index (κ1) is 14.4. The van der Waals surface area contributed by atoms with Crippen molar-refractivity contribution >= 4 is 34.8 Å². The van der Waals surface area contributed by atoms with Crippen molar-refractivity contribution in [3.05, 3.63) is 44.6 Å². The van der Waals surface area contributed by atoms with Crippen molar-refractivity contribution in [2.45, 2.75) is 13.5 Å². The van der Waals surface area contributed by atoms with Gasteiger partial charge in [0, 0.05) is 6.20 Å². The van der Waals surface area contributed by atoms with Crippen LogP contribution in [0.5, 0.6) is 0 Å². The summed E-state index contributed by atoms with van der Waals surface area (Å²) in [5, 5.41) is 12.5. The van der Waals surface area contributed by atoms with E-state index in [-0.39, 0.29) is 23.0 Å². The smallest absolute Gasteiger partial charge is 0.347 e. The molecule has 0 saturated heterocycles. The maximum atomic E-state index is 11.8. The Morgan fingerprint density at radius 1 is 1.45 bits per heavy atom. The first-order valence-corrected chi connectivity index (χ1v) is 6.76. The summed E-state index contributed by atoms with van der Waals surface area (Å²) in [6.07, 6.45) is 1.38. The van der Waals surface area contributed by atoms with Crippen LogP contribution in [0.4, 0.5) is 0 Å². The predicted octanol–water partition coefficient (Wildman–Crippen LogP) is 2.13. The van der Waals surface area contributed by atoms with Gasteiger partial charge in [0.15, 0.2) is 0 Å². The zero-order valence-electron chi connectivity index (χ0n) is 10.4. The molecule has 0 aliphatic heterocycles. The van der Waals surface area contributed by atoms with E-state index < -0.39 is 5.97 Å². The number of nitrogens with zero attached hydrogens (tertiary/aromatic N) is 2. The van der Waals surface area contributed by atoms with Gasteiger partial charge in [0.05, 0.1) is 17.3 Å². The first-order valence-electron chi connectivity index (χ1n) is 5.56. The van der Waals surface area contributed by atoms with Crippen LogP contribution in [0.25, 0.3) is 0 Å². The Bertz CT molecular complexity index is 654. The minimum atomic E-state index is -1.02. The van der Waals surface area contributed by atoms with Gasteiger partial charge in [-0.1, -0.05) is 11.6 Å². The lowest BCUT2D eigenvalue weighted by Gasteiger charge is -2.02. The molecule has 0 spiro atoms. The molecule has 0 aromatic carbocycles. The molecule has 0 aliphatic rings. The van der Waals surface area contributed by atoms with Crippen molar-refractivity contribution in [2.75, 3.05) is 0 Å². The van der Waals surface area contributed by atoms with Gasteiger partial charge in [-0.15, -0.1) is 11.3 Å². The lowest BCUT2D eigenvalue weighted by atomic mass is 10.3. The van der Waals surface area contributed by atoms with Crippen LogP contribution in [0.3, 0.4) is 0 Å². The molecule has 104 valence electrons. The second-order valence-corrected chi connectivity index (χ2v) is 5.39. The molecular formula is C12H10ClN3O3S. The van der Waals surface area contributed by atoms with E-state index in [1.165, 1.54) is 12.3 Å². The average molecular weight is 312 g/mol. The number of amides is 1. The van der Waals surface area contributed by atoms with Gasteiger partial charge < -0.3 is 10.4 Å². The zero-order chi connectivity index (χ0) is 14.7. The number of aryl methyl sites for hydroxylation is 1. The van der Waals surface area contributed by atoms with Crippen LogP contribution < -0.4 is 5.32 Å². The summed E-state index contributed by atoms with van der Waals surface area (Å²) in [7, 11) is 0. The molecule has 2 aromatic heterocycles. The largest absolute Gasteiger partial charge is 0.477 e. The fourth-order valence-corrected chi connectivity index (χ4v) is 2.44. The highest BCUT2D eigenvalue weighted by Crippen LogP contribution is 2.17. The van der Waals surface area contributed by atoms with Crippen LogP contribution in [0, 0.1) is 6.92 Å². The van der Waals surface area contributed by atoms with E-state index in [0.29, 0.717) is 15.7 Å². The van der Waals surface area contributed by atoms with Crippen LogP contribution in [0.2, 0.25) is 5.02 Å². The van der Waals surface area contributed by atoms with Crippen LogP contribution in [-0.2, 0) is 6.54 Å². The molecule has 2 aromatic rings. The molecule has 2 rings (SSSR count). The number of nitrogens with one attached hydrogen (secondary N) is 1. The molecule has 0 aliphatic carbocycles. The molecule has 0 atom stereocenters.